The first-order chi connectivity index (χ1) is 21.4. The lowest BCUT2D eigenvalue weighted by atomic mass is 10.0. The average molecular weight is 636 g/mol. The van der Waals surface area contributed by atoms with Crippen LogP contribution < -0.4 is 14.9 Å². The van der Waals surface area contributed by atoms with Gasteiger partial charge in [-0.15, -0.1) is 0 Å². The van der Waals surface area contributed by atoms with Crippen LogP contribution in [-0.4, -0.2) is 72.5 Å². The molecule has 3 amide bonds. The second-order valence-electron chi connectivity index (χ2n) is 12.1. The molecule has 0 radical (unpaired) electrons. The van der Waals surface area contributed by atoms with Crippen LogP contribution in [0.15, 0.2) is 66.9 Å². The van der Waals surface area contributed by atoms with Gasteiger partial charge in [-0.25, -0.2) is 13.2 Å². The predicted molar refractivity (Wildman–Crippen MR) is 169 cm³/mol. The van der Waals surface area contributed by atoms with E-state index in [4.69, 9.17) is 4.74 Å². The summed E-state index contributed by atoms with van der Waals surface area (Å²) in [5.74, 6) is -1.49. The molecule has 1 fully saturated rings. The van der Waals surface area contributed by atoms with E-state index in [1.54, 1.807) is 68.3 Å². The standard InChI is InChI=1S/C32H37N5O7S/c1-32(2,3)44-31(41)36-18-8-11-25(36)22-14-12-21(13-15-22)19-24(30(40)35-16-6-7-17-35)33-28(38)20-27-29(39)34-23-9-4-5-10-26(23)37(27)45(42)43/h4-5,8-15,18,24,27,45H,6-7,16-17,19-20H2,1-3H3,(H,33,38)(H,34,39)/t24-,27?/m1/s1. The number of thiol groups is 1. The van der Waals surface area contributed by atoms with E-state index in [-0.39, 0.29) is 18.0 Å². The molecule has 3 aromatic rings. The highest BCUT2D eigenvalue weighted by Crippen LogP contribution is 2.33. The molecular weight excluding hydrogens is 598 g/mol. The monoisotopic (exact) mass is 635 g/mol. The molecule has 12 nitrogen and oxygen atoms in total. The van der Waals surface area contributed by atoms with Gasteiger partial charge in [-0.05, 0) is 69.0 Å². The number of hydrogen-bond donors (Lipinski definition) is 3. The van der Waals surface area contributed by atoms with Gasteiger partial charge in [0, 0.05) is 25.7 Å². The SMILES string of the molecule is CC(C)(C)OC(=O)n1cccc1-c1ccc(C[C@@H](NC(=O)CC2C(=O)Nc3ccccc3N2[SH](=O)=O)C(=O)N2CCCC2)cc1. The van der Waals surface area contributed by atoms with Crippen molar-refractivity contribution < 1.29 is 32.3 Å². The van der Waals surface area contributed by atoms with Gasteiger partial charge in [-0.1, -0.05) is 36.4 Å². The molecule has 13 heteroatoms. The fraction of sp³-hybridized carbons (Fsp3) is 0.375. The fourth-order valence-corrected chi connectivity index (χ4v) is 6.34. The van der Waals surface area contributed by atoms with Crippen LogP contribution in [-0.2, 0) is 36.4 Å². The number of anilines is 2. The van der Waals surface area contributed by atoms with E-state index >= 15 is 0 Å². The Morgan fingerprint density at radius 1 is 1.00 bits per heavy atom. The van der Waals surface area contributed by atoms with Crippen molar-refractivity contribution in [2.75, 3.05) is 22.7 Å². The fourth-order valence-electron chi connectivity index (χ4n) is 5.58. The van der Waals surface area contributed by atoms with Crippen molar-refractivity contribution in [2.24, 2.45) is 0 Å². The van der Waals surface area contributed by atoms with E-state index in [1.807, 2.05) is 24.3 Å². The van der Waals surface area contributed by atoms with Crippen molar-refractivity contribution in [2.45, 2.75) is 64.1 Å². The number of ether oxygens (including phenoxy) is 1. The Hall–Kier alpha value is -4.65. The third-order valence-electron chi connectivity index (χ3n) is 7.64. The summed E-state index contributed by atoms with van der Waals surface area (Å²) in [6.45, 7) is 6.55. The summed E-state index contributed by atoms with van der Waals surface area (Å²) in [6, 6.07) is 15.1. The summed E-state index contributed by atoms with van der Waals surface area (Å²) in [5.41, 5.74) is 2.12. The number of amides is 3. The topological polar surface area (TPSA) is 147 Å². The second kappa shape index (κ2) is 13.1. The van der Waals surface area contributed by atoms with Crippen molar-refractivity contribution in [3.8, 4) is 11.3 Å². The Morgan fingerprint density at radius 3 is 2.36 bits per heavy atom. The zero-order chi connectivity index (χ0) is 32.3. The second-order valence-corrected chi connectivity index (χ2v) is 13.0. The minimum Gasteiger partial charge on any atom is -0.443 e. The highest BCUT2D eigenvalue weighted by molar-refractivity contribution is 7.74. The molecular formula is C32H37N5O7S. The summed E-state index contributed by atoms with van der Waals surface area (Å²) in [6.07, 6.45) is 2.58. The van der Waals surface area contributed by atoms with Gasteiger partial charge in [0.05, 0.1) is 23.5 Å². The van der Waals surface area contributed by atoms with E-state index in [2.05, 4.69) is 10.6 Å². The Kier molecular flexibility index (Phi) is 9.28. The Balaban J connectivity index is 1.33. The van der Waals surface area contributed by atoms with Crippen LogP contribution in [0.3, 0.4) is 0 Å². The van der Waals surface area contributed by atoms with Crippen LogP contribution >= 0.6 is 0 Å². The highest BCUT2D eigenvalue weighted by atomic mass is 32.2. The molecule has 3 heterocycles. The first kappa shape index (κ1) is 31.8. The number of carbonyl (C=O) groups is 4. The molecule has 0 aliphatic carbocycles. The maximum atomic E-state index is 13.5. The average Bonchev–Trinajstić information content (AvgIpc) is 3.69. The lowest BCUT2D eigenvalue weighted by molar-refractivity contribution is -0.135. The van der Waals surface area contributed by atoms with Crippen LogP contribution in [0.4, 0.5) is 16.2 Å². The van der Waals surface area contributed by atoms with E-state index < -0.39 is 52.9 Å². The molecule has 238 valence electrons. The molecule has 0 bridgehead atoms. The molecule has 2 atom stereocenters. The molecule has 5 rings (SSSR count). The third kappa shape index (κ3) is 7.36. The van der Waals surface area contributed by atoms with E-state index in [0.717, 1.165) is 28.3 Å². The van der Waals surface area contributed by atoms with Gasteiger partial charge in [-0.3, -0.25) is 23.3 Å². The normalized spacial score (nSPS) is 17.1. The zero-order valence-electron chi connectivity index (χ0n) is 25.4. The van der Waals surface area contributed by atoms with Crippen LogP contribution in [0.1, 0.15) is 45.6 Å². The maximum Gasteiger partial charge on any atom is 0.418 e. The first-order valence-electron chi connectivity index (χ1n) is 14.8. The zero-order valence-corrected chi connectivity index (χ0v) is 26.3. The Bertz CT molecular complexity index is 1660. The van der Waals surface area contributed by atoms with E-state index in [1.165, 1.54) is 4.57 Å². The van der Waals surface area contributed by atoms with Gasteiger partial charge >= 0.3 is 6.09 Å². The molecule has 2 aliphatic rings. The van der Waals surface area contributed by atoms with Crippen molar-refractivity contribution in [3.05, 3.63) is 72.4 Å². The minimum atomic E-state index is -3.23. The molecule has 2 aromatic carbocycles. The first-order valence-corrected chi connectivity index (χ1v) is 16.0. The number of hydrogen-bond acceptors (Lipinski definition) is 7. The summed E-state index contributed by atoms with van der Waals surface area (Å²) in [4.78, 5) is 54.2. The quantitative estimate of drug-likeness (QED) is 0.322. The van der Waals surface area contributed by atoms with Crippen LogP contribution in [0.5, 0.6) is 0 Å². The summed E-state index contributed by atoms with van der Waals surface area (Å²) < 4.78 is 32.3. The highest BCUT2D eigenvalue weighted by Gasteiger charge is 2.37. The lowest BCUT2D eigenvalue weighted by Gasteiger charge is -2.33. The number of aromatic nitrogens is 1. The molecule has 2 N–H and O–H groups in total. The Labute approximate surface area is 263 Å². The van der Waals surface area contributed by atoms with Crippen LogP contribution in [0.2, 0.25) is 0 Å². The largest absolute Gasteiger partial charge is 0.443 e. The predicted octanol–water partition coefficient (Wildman–Crippen LogP) is 3.33. The van der Waals surface area contributed by atoms with Gasteiger partial charge < -0.3 is 20.3 Å². The van der Waals surface area contributed by atoms with Gasteiger partial charge in [-0.2, -0.15) is 0 Å². The Morgan fingerprint density at radius 2 is 1.69 bits per heavy atom. The lowest BCUT2D eigenvalue weighted by Crippen LogP contribution is -2.53. The van der Waals surface area contributed by atoms with Crippen molar-refractivity contribution in [1.82, 2.24) is 14.8 Å². The number of rotatable bonds is 8. The molecule has 1 aromatic heterocycles. The third-order valence-corrected chi connectivity index (χ3v) is 8.49. The smallest absolute Gasteiger partial charge is 0.418 e. The molecule has 2 aliphatic heterocycles. The summed E-state index contributed by atoms with van der Waals surface area (Å²) in [5, 5.41) is 5.45. The molecule has 45 heavy (non-hydrogen) atoms. The molecule has 0 spiro atoms. The van der Waals surface area contributed by atoms with Gasteiger partial charge in [0.2, 0.25) is 28.6 Å². The number of benzene rings is 2. The van der Waals surface area contributed by atoms with Gasteiger partial charge in [0.1, 0.15) is 17.7 Å². The van der Waals surface area contributed by atoms with Crippen molar-refractivity contribution >= 4 is 46.1 Å². The molecule has 1 saturated heterocycles. The van der Waals surface area contributed by atoms with Crippen molar-refractivity contribution in [3.63, 3.8) is 0 Å². The van der Waals surface area contributed by atoms with E-state index in [9.17, 15) is 27.6 Å². The van der Waals surface area contributed by atoms with Crippen LogP contribution in [0, 0.1) is 0 Å². The van der Waals surface area contributed by atoms with Crippen LogP contribution in [0.25, 0.3) is 11.3 Å². The number of likely N-dealkylation sites (tertiary alicyclic amines) is 1. The summed E-state index contributed by atoms with van der Waals surface area (Å²) in [7, 11) is -3.23. The number of nitrogens with zero attached hydrogens (tertiary/aromatic N) is 3. The number of nitrogens with one attached hydrogen (secondary N) is 2. The molecule has 1 unspecified atom stereocenters. The van der Waals surface area contributed by atoms with Gasteiger partial charge in [0.25, 0.3) is 0 Å². The van der Waals surface area contributed by atoms with Crippen molar-refractivity contribution in [1.29, 1.82) is 0 Å². The number of carbonyl (C=O) groups excluding carboxylic acids is 4. The summed E-state index contributed by atoms with van der Waals surface area (Å²) >= 11 is 0. The van der Waals surface area contributed by atoms with Gasteiger partial charge in [0.15, 0.2) is 0 Å². The van der Waals surface area contributed by atoms with E-state index in [0.29, 0.717) is 24.5 Å². The molecule has 0 saturated carbocycles. The minimum absolute atomic E-state index is 0.174. The number of fused-ring (bicyclic) bond motifs is 1. The number of para-hydroxylation sites is 2. The maximum absolute atomic E-state index is 13.5.